The van der Waals surface area contributed by atoms with Crippen LogP contribution in [0.2, 0.25) is 0 Å². The number of hydrogen-bond donors (Lipinski definition) is 2. The third-order valence-electron chi connectivity index (χ3n) is 3.95. The number of aliphatic hydroxyl groups excluding tert-OH is 1. The molecule has 1 aromatic rings. The number of anilines is 1. The summed E-state index contributed by atoms with van der Waals surface area (Å²) in [4.78, 5) is 2.32. The number of ether oxygens (including phenoxy) is 1. The van der Waals surface area contributed by atoms with E-state index < -0.39 is 0 Å². The minimum atomic E-state index is -0.211. The normalized spacial score (nSPS) is 24.8. The van der Waals surface area contributed by atoms with Gasteiger partial charge in [-0.15, -0.1) is 0 Å². The second-order valence-electron chi connectivity index (χ2n) is 5.45. The molecule has 19 heavy (non-hydrogen) atoms. The van der Waals surface area contributed by atoms with Crippen LogP contribution in [-0.4, -0.2) is 49.4 Å². The molecule has 1 unspecified atom stereocenters. The third kappa shape index (κ3) is 3.61. The maximum absolute atomic E-state index is 9.83. The Morgan fingerprint density at radius 2 is 2.21 bits per heavy atom. The van der Waals surface area contributed by atoms with E-state index in [1.807, 2.05) is 24.3 Å². The Morgan fingerprint density at radius 1 is 1.37 bits per heavy atom. The van der Waals surface area contributed by atoms with Gasteiger partial charge in [-0.2, -0.15) is 0 Å². The standard InChI is InChI=1S/C15H24N2O2/c1-17-9-4-7-15(12-18,8-10-17)16-13-5-3-6-14(11-13)19-2/h3,5-6,11,16,18H,4,7-10,12H2,1-2H3. The molecule has 1 saturated heterocycles. The molecule has 1 aliphatic rings. The molecule has 106 valence electrons. The molecule has 4 nitrogen and oxygen atoms in total. The van der Waals surface area contributed by atoms with Crippen LogP contribution in [0.3, 0.4) is 0 Å². The molecule has 2 rings (SSSR count). The van der Waals surface area contributed by atoms with Gasteiger partial charge in [-0.3, -0.25) is 0 Å². The van der Waals surface area contributed by atoms with Crippen molar-refractivity contribution in [3.63, 3.8) is 0 Å². The van der Waals surface area contributed by atoms with E-state index in [0.717, 1.165) is 43.8 Å². The van der Waals surface area contributed by atoms with E-state index in [0.29, 0.717) is 0 Å². The number of nitrogens with zero attached hydrogens (tertiary/aromatic N) is 1. The fourth-order valence-electron chi connectivity index (χ4n) is 2.66. The van der Waals surface area contributed by atoms with Crippen LogP contribution in [0.25, 0.3) is 0 Å². The van der Waals surface area contributed by atoms with Crippen molar-refractivity contribution in [3.05, 3.63) is 24.3 Å². The van der Waals surface area contributed by atoms with Crippen LogP contribution in [0.5, 0.6) is 5.75 Å². The number of methoxy groups -OCH3 is 1. The summed E-state index contributed by atoms with van der Waals surface area (Å²) in [6.07, 6.45) is 3.05. The van der Waals surface area contributed by atoms with Crippen molar-refractivity contribution in [2.45, 2.75) is 24.8 Å². The minimum absolute atomic E-state index is 0.165. The van der Waals surface area contributed by atoms with Crippen molar-refractivity contribution in [2.24, 2.45) is 0 Å². The van der Waals surface area contributed by atoms with Gasteiger partial charge in [-0.25, -0.2) is 0 Å². The van der Waals surface area contributed by atoms with Gasteiger partial charge in [0.2, 0.25) is 0 Å². The molecule has 1 atom stereocenters. The summed E-state index contributed by atoms with van der Waals surface area (Å²) in [5, 5.41) is 13.4. The smallest absolute Gasteiger partial charge is 0.120 e. The number of likely N-dealkylation sites (tertiary alicyclic amines) is 1. The van der Waals surface area contributed by atoms with Crippen molar-refractivity contribution < 1.29 is 9.84 Å². The summed E-state index contributed by atoms with van der Waals surface area (Å²) in [6.45, 7) is 2.27. The molecule has 0 spiro atoms. The number of aliphatic hydroxyl groups is 1. The number of nitrogens with one attached hydrogen (secondary N) is 1. The van der Waals surface area contributed by atoms with Gasteiger partial charge in [0.15, 0.2) is 0 Å². The van der Waals surface area contributed by atoms with Crippen LogP contribution in [0.4, 0.5) is 5.69 Å². The van der Waals surface area contributed by atoms with Crippen molar-refractivity contribution in [2.75, 3.05) is 39.2 Å². The fourth-order valence-corrected chi connectivity index (χ4v) is 2.66. The average Bonchev–Trinajstić information content (AvgIpc) is 2.62. The maximum atomic E-state index is 9.83. The van der Waals surface area contributed by atoms with Crippen molar-refractivity contribution in [1.82, 2.24) is 4.90 Å². The van der Waals surface area contributed by atoms with Crippen LogP contribution in [0, 0.1) is 0 Å². The monoisotopic (exact) mass is 264 g/mol. The van der Waals surface area contributed by atoms with E-state index >= 15 is 0 Å². The Labute approximate surface area is 115 Å². The maximum Gasteiger partial charge on any atom is 0.120 e. The van der Waals surface area contributed by atoms with Gasteiger partial charge < -0.3 is 20.1 Å². The molecule has 0 bridgehead atoms. The van der Waals surface area contributed by atoms with Crippen molar-refractivity contribution in [1.29, 1.82) is 0 Å². The minimum Gasteiger partial charge on any atom is -0.497 e. The van der Waals surface area contributed by atoms with Gasteiger partial charge >= 0.3 is 0 Å². The lowest BCUT2D eigenvalue weighted by atomic mass is 9.91. The highest BCUT2D eigenvalue weighted by Gasteiger charge is 2.31. The first-order valence-electron chi connectivity index (χ1n) is 6.89. The first-order valence-corrected chi connectivity index (χ1v) is 6.89. The van der Waals surface area contributed by atoms with E-state index in [1.54, 1.807) is 7.11 Å². The Bertz CT molecular complexity index is 411. The first kappa shape index (κ1) is 14.2. The molecular weight excluding hydrogens is 240 g/mol. The molecular formula is C15H24N2O2. The third-order valence-corrected chi connectivity index (χ3v) is 3.95. The summed E-state index contributed by atoms with van der Waals surface area (Å²) in [6, 6.07) is 7.90. The lowest BCUT2D eigenvalue weighted by Crippen LogP contribution is -2.42. The highest BCUT2D eigenvalue weighted by Crippen LogP contribution is 2.28. The largest absolute Gasteiger partial charge is 0.497 e. The molecule has 0 aromatic heterocycles. The zero-order valence-corrected chi connectivity index (χ0v) is 11.9. The Hall–Kier alpha value is -1.26. The van der Waals surface area contributed by atoms with Crippen LogP contribution in [-0.2, 0) is 0 Å². The van der Waals surface area contributed by atoms with Gasteiger partial charge in [0.25, 0.3) is 0 Å². The quantitative estimate of drug-likeness (QED) is 0.872. The van der Waals surface area contributed by atoms with E-state index in [-0.39, 0.29) is 12.1 Å². The first-order chi connectivity index (χ1) is 9.17. The lowest BCUT2D eigenvalue weighted by Gasteiger charge is -2.33. The average molecular weight is 264 g/mol. The topological polar surface area (TPSA) is 44.7 Å². The van der Waals surface area contributed by atoms with Crippen LogP contribution in [0.1, 0.15) is 19.3 Å². The van der Waals surface area contributed by atoms with E-state index in [4.69, 9.17) is 4.74 Å². The lowest BCUT2D eigenvalue weighted by molar-refractivity contribution is 0.195. The summed E-state index contributed by atoms with van der Waals surface area (Å²) in [5.74, 6) is 0.837. The summed E-state index contributed by atoms with van der Waals surface area (Å²) in [5.41, 5.74) is 0.801. The predicted octanol–water partition coefficient (Wildman–Crippen LogP) is 1.95. The molecule has 1 fully saturated rings. The molecule has 0 radical (unpaired) electrons. The zero-order chi connectivity index (χ0) is 13.7. The molecule has 0 saturated carbocycles. The van der Waals surface area contributed by atoms with Crippen LogP contribution in [0.15, 0.2) is 24.3 Å². The summed E-state index contributed by atoms with van der Waals surface area (Å²) < 4.78 is 5.24. The van der Waals surface area contributed by atoms with Gasteiger partial charge in [0, 0.05) is 18.3 Å². The summed E-state index contributed by atoms with van der Waals surface area (Å²) >= 11 is 0. The van der Waals surface area contributed by atoms with E-state index in [2.05, 4.69) is 17.3 Å². The second-order valence-corrected chi connectivity index (χ2v) is 5.45. The van der Waals surface area contributed by atoms with Gasteiger partial charge in [0.1, 0.15) is 5.75 Å². The van der Waals surface area contributed by atoms with Gasteiger partial charge in [0.05, 0.1) is 19.3 Å². The molecule has 0 amide bonds. The predicted molar refractivity (Wildman–Crippen MR) is 77.8 cm³/mol. The highest BCUT2D eigenvalue weighted by molar-refractivity contribution is 5.50. The van der Waals surface area contributed by atoms with Crippen molar-refractivity contribution in [3.8, 4) is 5.75 Å². The number of hydrogen-bond acceptors (Lipinski definition) is 4. The van der Waals surface area contributed by atoms with Crippen LogP contribution < -0.4 is 10.1 Å². The SMILES string of the molecule is COc1cccc(NC2(CO)CCCN(C)CC2)c1. The fraction of sp³-hybridized carbons (Fsp3) is 0.600. The zero-order valence-electron chi connectivity index (χ0n) is 11.9. The van der Waals surface area contributed by atoms with E-state index in [1.165, 1.54) is 0 Å². The Morgan fingerprint density at radius 3 is 2.95 bits per heavy atom. The van der Waals surface area contributed by atoms with Crippen molar-refractivity contribution >= 4 is 5.69 Å². The molecule has 1 aliphatic heterocycles. The summed E-state index contributed by atoms with van der Waals surface area (Å²) in [7, 11) is 3.81. The molecule has 0 aliphatic carbocycles. The highest BCUT2D eigenvalue weighted by atomic mass is 16.5. The molecule has 4 heteroatoms. The number of rotatable bonds is 4. The Balaban J connectivity index is 2.12. The molecule has 1 heterocycles. The van der Waals surface area contributed by atoms with Gasteiger partial charge in [-0.05, 0) is 45.0 Å². The van der Waals surface area contributed by atoms with Crippen LogP contribution >= 0.6 is 0 Å². The van der Waals surface area contributed by atoms with E-state index in [9.17, 15) is 5.11 Å². The molecule has 1 aromatic carbocycles. The van der Waals surface area contributed by atoms with Gasteiger partial charge in [-0.1, -0.05) is 6.07 Å². The number of benzene rings is 1. The Kier molecular flexibility index (Phi) is 4.66. The second kappa shape index (κ2) is 6.26. The molecule has 2 N–H and O–H groups in total.